The van der Waals surface area contributed by atoms with E-state index < -0.39 is 60.8 Å². The van der Waals surface area contributed by atoms with Crippen molar-refractivity contribution in [2.24, 2.45) is 0 Å². The molecule has 0 aliphatic rings. The lowest BCUT2D eigenvalue weighted by Gasteiger charge is -2.25. The van der Waals surface area contributed by atoms with Crippen LogP contribution in [-0.2, 0) is 23.9 Å². The van der Waals surface area contributed by atoms with Crippen LogP contribution in [0.4, 0.5) is 0 Å². The quantitative estimate of drug-likeness (QED) is 0.201. The highest BCUT2D eigenvalue weighted by molar-refractivity contribution is 5.84. The van der Waals surface area contributed by atoms with Crippen LogP contribution in [-0.4, -0.2) is 90.1 Å². The van der Waals surface area contributed by atoms with Gasteiger partial charge < -0.3 is 40.5 Å². The van der Waals surface area contributed by atoms with Crippen LogP contribution in [0, 0.1) is 0 Å². The number of carbonyl (C=O) groups is 4. The highest BCUT2D eigenvalue weighted by Gasteiger charge is 2.41. The number of aliphatic hydroxyl groups is 4. The molecule has 126 valence electrons. The first-order chi connectivity index (χ1) is 9.98. The molecule has 0 aromatic rings. The van der Waals surface area contributed by atoms with E-state index in [4.69, 9.17) is 25.5 Å². The van der Waals surface area contributed by atoms with Crippen LogP contribution >= 0.6 is 0 Å². The van der Waals surface area contributed by atoms with E-state index in [1.54, 1.807) is 0 Å². The Morgan fingerprint density at radius 3 is 1.68 bits per heavy atom. The van der Waals surface area contributed by atoms with Gasteiger partial charge >= 0.3 is 23.9 Å². The number of carbonyl (C=O) groups excluding carboxylic acids is 1. The topological polar surface area (TPSA) is 219 Å². The number of hydrogen-bond donors (Lipinski definition) is 7. The molecule has 1 unspecified atom stereocenters. The van der Waals surface area contributed by atoms with E-state index in [1.807, 2.05) is 0 Å². The van der Waals surface area contributed by atoms with Crippen LogP contribution in [0.25, 0.3) is 0 Å². The molecule has 22 heavy (non-hydrogen) atoms. The Morgan fingerprint density at radius 2 is 1.32 bits per heavy atom. The van der Waals surface area contributed by atoms with Crippen molar-refractivity contribution in [1.29, 1.82) is 0 Å². The molecule has 0 aromatic heterocycles. The number of ether oxygens (including phenoxy) is 1. The number of carboxylic acids is 3. The second-order valence-electron chi connectivity index (χ2n) is 4.07. The first-order valence-corrected chi connectivity index (χ1v) is 5.59. The Morgan fingerprint density at radius 1 is 0.818 bits per heavy atom. The van der Waals surface area contributed by atoms with Gasteiger partial charge in [-0.15, -0.1) is 0 Å². The van der Waals surface area contributed by atoms with Crippen LogP contribution < -0.4 is 0 Å². The lowest BCUT2D eigenvalue weighted by atomic mass is 10.0. The van der Waals surface area contributed by atoms with Gasteiger partial charge in [-0.25, -0.2) is 14.4 Å². The summed E-state index contributed by atoms with van der Waals surface area (Å²) in [6.45, 7) is 0. The van der Waals surface area contributed by atoms with Crippen molar-refractivity contribution in [3.8, 4) is 0 Å². The van der Waals surface area contributed by atoms with E-state index in [2.05, 4.69) is 4.74 Å². The fourth-order valence-corrected chi connectivity index (χ4v) is 1.23. The van der Waals surface area contributed by atoms with Crippen molar-refractivity contribution in [1.82, 2.24) is 0 Å². The van der Waals surface area contributed by atoms with E-state index in [-0.39, 0.29) is 0 Å². The third-order valence-corrected chi connectivity index (χ3v) is 2.36. The zero-order valence-electron chi connectivity index (χ0n) is 10.8. The molecule has 12 heteroatoms. The monoisotopic (exact) mass is 326 g/mol. The maximum atomic E-state index is 11.3. The van der Waals surface area contributed by atoms with Crippen molar-refractivity contribution in [3.63, 3.8) is 0 Å². The molecule has 0 radical (unpaired) electrons. The third kappa shape index (κ3) is 5.61. The molecular formula is C10H14O12. The molecule has 0 saturated heterocycles. The van der Waals surface area contributed by atoms with Gasteiger partial charge in [-0.1, -0.05) is 0 Å². The Bertz CT molecular complexity index is 445. The van der Waals surface area contributed by atoms with Gasteiger partial charge in [0.05, 0.1) is 6.42 Å². The minimum absolute atomic E-state index is 1.11. The first kappa shape index (κ1) is 19.7. The molecule has 0 amide bonds. The minimum atomic E-state index is -2.57. The highest BCUT2D eigenvalue weighted by Crippen LogP contribution is 2.11. The summed E-state index contributed by atoms with van der Waals surface area (Å²) in [5.41, 5.74) is 0. The number of rotatable bonds is 9. The van der Waals surface area contributed by atoms with Crippen molar-refractivity contribution >= 4 is 23.9 Å². The van der Waals surface area contributed by atoms with E-state index in [0.717, 1.165) is 0 Å². The molecule has 12 nitrogen and oxygen atoms in total. The Balaban J connectivity index is 5.00. The van der Waals surface area contributed by atoms with Crippen molar-refractivity contribution in [3.05, 3.63) is 0 Å². The standard InChI is InChI=1S/C10H14O12/c11-2(1-3(12)13)10(21)22-7(9(19)20)5(15)4(14)6(16)8(17)18/h2,4-7,11,14-16H,1H2,(H,12,13)(H,17,18)(H,19,20)/t2?,4-,5-,6-,7+/m0/s1. The van der Waals surface area contributed by atoms with E-state index >= 15 is 0 Å². The number of esters is 1. The molecule has 0 heterocycles. The van der Waals surface area contributed by atoms with Gasteiger partial charge in [-0.3, -0.25) is 4.79 Å². The average molecular weight is 326 g/mol. The number of aliphatic hydroxyl groups excluding tert-OH is 4. The minimum Gasteiger partial charge on any atom is -0.481 e. The summed E-state index contributed by atoms with van der Waals surface area (Å²) >= 11 is 0. The van der Waals surface area contributed by atoms with Gasteiger partial charge in [-0.05, 0) is 0 Å². The molecule has 0 aliphatic heterocycles. The van der Waals surface area contributed by atoms with Crippen molar-refractivity contribution < 1.29 is 59.7 Å². The number of carboxylic acid groups (broad SMARTS) is 3. The Hall–Kier alpha value is -2.28. The Labute approximate surface area is 121 Å². The maximum Gasteiger partial charge on any atom is 0.347 e. The zero-order valence-corrected chi connectivity index (χ0v) is 10.8. The predicted octanol–water partition coefficient (Wildman–Crippen LogP) is -4.01. The SMILES string of the molecule is O=C(O)CC(O)C(=O)O[C@@H](C(=O)O)[C@@H](O)[C@H](O)[C@H](O)C(=O)O. The summed E-state index contributed by atoms with van der Waals surface area (Å²) < 4.78 is 4.12. The smallest absolute Gasteiger partial charge is 0.347 e. The van der Waals surface area contributed by atoms with Gasteiger partial charge in [0.15, 0.2) is 12.2 Å². The van der Waals surface area contributed by atoms with Gasteiger partial charge in [0.2, 0.25) is 6.10 Å². The lowest BCUT2D eigenvalue weighted by molar-refractivity contribution is -0.189. The molecule has 0 spiro atoms. The predicted molar refractivity (Wildman–Crippen MR) is 61.4 cm³/mol. The summed E-state index contributed by atoms with van der Waals surface area (Å²) in [6, 6.07) is 0. The molecule has 0 saturated carbocycles. The summed E-state index contributed by atoms with van der Waals surface area (Å²) in [5.74, 6) is -7.34. The van der Waals surface area contributed by atoms with Crippen LogP contribution in [0.5, 0.6) is 0 Å². The molecule has 0 aliphatic carbocycles. The highest BCUT2D eigenvalue weighted by atomic mass is 16.6. The van der Waals surface area contributed by atoms with Gasteiger partial charge in [0, 0.05) is 0 Å². The molecule has 0 bridgehead atoms. The molecule has 7 N–H and O–H groups in total. The average Bonchev–Trinajstić information content (AvgIpc) is 2.40. The summed E-state index contributed by atoms with van der Waals surface area (Å²) in [7, 11) is 0. The van der Waals surface area contributed by atoms with Crippen LogP contribution in [0.3, 0.4) is 0 Å². The van der Waals surface area contributed by atoms with E-state index in [1.165, 1.54) is 0 Å². The first-order valence-electron chi connectivity index (χ1n) is 5.59. The van der Waals surface area contributed by atoms with Crippen molar-refractivity contribution in [2.45, 2.75) is 36.9 Å². The second-order valence-corrected chi connectivity index (χ2v) is 4.07. The number of aliphatic carboxylic acids is 3. The molecule has 0 rings (SSSR count). The third-order valence-electron chi connectivity index (χ3n) is 2.36. The summed E-state index contributed by atoms with van der Waals surface area (Å²) in [6.07, 6.45) is -13.5. The molecule has 0 aromatic carbocycles. The van der Waals surface area contributed by atoms with Crippen LogP contribution in [0.2, 0.25) is 0 Å². The fraction of sp³-hybridized carbons (Fsp3) is 0.600. The molecule has 0 fully saturated rings. The normalized spacial score (nSPS) is 17.6. The van der Waals surface area contributed by atoms with E-state index in [0.29, 0.717) is 0 Å². The Kier molecular flexibility index (Phi) is 7.38. The van der Waals surface area contributed by atoms with Gasteiger partial charge in [0.25, 0.3) is 0 Å². The summed E-state index contributed by atoms with van der Waals surface area (Å²) in [4.78, 5) is 42.8. The van der Waals surface area contributed by atoms with Crippen LogP contribution in [0.15, 0.2) is 0 Å². The largest absolute Gasteiger partial charge is 0.481 e. The lowest BCUT2D eigenvalue weighted by Crippen LogP contribution is -2.52. The fourth-order valence-electron chi connectivity index (χ4n) is 1.23. The van der Waals surface area contributed by atoms with Gasteiger partial charge in [-0.2, -0.15) is 0 Å². The van der Waals surface area contributed by atoms with E-state index in [9.17, 15) is 29.4 Å². The van der Waals surface area contributed by atoms with Crippen molar-refractivity contribution in [2.75, 3.05) is 0 Å². The molecular weight excluding hydrogens is 312 g/mol. The van der Waals surface area contributed by atoms with Gasteiger partial charge in [0.1, 0.15) is 12.2 Å². The number of hydrogen-bond acceptors (Lipinski definition) is 9. The molecule has 5 atom stereocenters. The summed E-state index contributed by atoms with van der Waals surface area (Å²) in [5, 5.41) is 62.3. The second kappa shape index (κ2) is 8.23. The maximum absolute atomic E-state index is 11.3. The zero-order chi connectivity index (χ0) is 17.6. The van der Waals surface area contributed by atoms with Crippen LogP contribution in [0.1, 0.15) is 6.42 Å².